The number of hydrogen-bond donors (Lipinski definition) is 1. The molecule has 1 atom stereocenters. The molecule has 0 saturated heterocycles. The lowest BCUT2D eigenvalue weighted by molar-refractivity contribution is 0.582. The van der Waals surface area contributed by atoms with Crippen LogP contribution in [-0.4, -0.2) is 12.0 Å². The van der Waals surface area contributed by atoms with Crippen molar-refractivity contribution in [3.63, 3.8) is 0 Å². The van der Waals surface area contributed by atoms with Crippen molar-refractivity contribution in [3.05, 3.63) is 65.0 Å². The topological polar surface area (TPSA) is 24.9 Å². The molecule has 2 heteroatoms. The van der Waals surface area contributed by atoms with Crippen molar-refractivity contribution in [2.45, 2.75) is 26.3 Å². The quantitative estimate of drug-likeness (QED) is 0.887. The number of pyridine rings is 1. The molecule has 1 heterocycles. The van der Waals surface area contributed by atoms with Gasteiger partial charge in [0.1, 0.15) is 0 Å². The number of likely N-dealkylation sites (N-methyl/N-ethyl adjacent to an activating group) is 1. The fraction of sp³-hybridized carbons (Fsp3) is 0.312. The van der Waals surface area contributed by atoms with Crippen molar-refractivity contribution in [3.8, 4) is 0 Å². The van der Waals surface area contributed by atoms with E-state index < -0.39 is 0 Å². The molecule has 2 aromatic rings. The van der Waals surface area contributed by atoms with Gasteiger partial charge in [-0.05, 0) is 38.1 Å². The summed E-state index contributed by atoms with van der Waals surface area (Å²) in [6, 6.07) is 13.1. The molecule has 0 radical (unpaired) electrons. The van der Waals surface area contributed by atoms with Crippen LogP contribution in [-0.2, 0) is 6.42 Å². The predicted octanol–water partition coefficient (Wildman–Crippen LogP) is 3.20. The molecule has 0 spiro atoms. The summed E-state index contributed by atoms with van der Waals surface area (Å²) in [5.41, 5.74) is 5.03. The van der Waals surface area contributed by atoms with Gasteiger partial charge in [0.15, 0.2) is 0 Å². The standard InChI is InChI=1S/C16H20N2/c1-12-6-8-14(9-7-12)16(17-3)11-15-13(2)5-4-10-18-15/h4-10,16-17H,11H2,1-3H3. The highest BCUT2D eigenvalue weighted by Gasteiger charge is 2.11. The Kier molecular flexibility index (Phi) is 4.11. The number of rotatable bonds is 4. The van der Waals surface area contributed by atoms with Gasteiger partial charge in [0.25, 0.3) is 0 Å². The van der Waals surface area contributed by atoms with E-state index in [9.17, 15) is 0 Å². The monoisotopic (exact) mass is 240 g/mol. The van der Waals surface area contributed by atoms with Crippen LogP contribution in [0.4, 0.5) is 0 Å². The number of nitrogens with zero attached hydrogens (tertiary/aromatic N) is 1. The Hall–Kier alpha value is -1.67. The first-order valence-electron chi connectivity index (χ1n) is 6.35. The lowest BCUT2D eigenvalue weighted by Gasteiger charge is -2.17. The fourth-order valence-corrected chi connectivity index (χ4v) is 2.11. The Bertz CT molecular complexity index is 503. The lowest BCUT2D eigenvalue weighted by atomic mass is 9.99. The molecule has 2 rings (SSSR count). The smallest absolute Gasteiger partial charge is 0.0451 e. The molecule has 0 aliphatic rings. The van der Waals surface area contributed by atoms with Gasteiger partial charge < -0.3 is 5.32 Å². The molecule has 0 fully saturated rings. The molecule has 0 bridgehead atoms. The number of nitrogens with one attached hydrogen (secondary N) is 1. The molecule has 0 aliphatic carbocycles. The van der Waals surface area contributed by atoms with Gasteiger partial charge in [-0.3, -0.25) is 4.98 Å². The first-order chi connectivity index (χ1) is 8.70. The average molecular weight is 240 g/mol. The van der Waals surface area contributed by atoms with Crippen molar-refractivity contribution in [1.82, 2.24) is 10.3 Å². The van der Waals surface area contributed by atoms with E-state index >= 15 is 0 Å². The summed E-state index contributed by atoms with van der Waals surface area (Å²) >= 11 is 0. The van der Waals surface area contributed by atoms with Crippen molar-refractivity contribution < 1.29 is 0 Å². The Morgan fingerprint density at radius 2 is 1.83 bits per heavy atom. The van der Waals surface area contributed by atoms with Gasteiger partial charge in [-0.25, -0.2) is 0 Å². The molecule has 1 N–H and O–H groups in total. The molecule has 1 unspecified atom stereocenters. The third kappa shape index (κ3) is 2.96. The van der Waals surface area contributed by atoms with Crippen LogP contribution < -0.4 is 5.32 Å². The maximum Gasteiger partial charge on any atom is 0.0451 e. The molecular weight excluding hydrogens is 220 g/mol. The fourth-order valence-electron chi connectivity index (χ4n) is 2.11. The van der Waals surface area contributed by atoms with E-state index in [0.29, 0.717) is 6.04 Å². The SMILES string of the molecule is CNC(Cc1ncccc1C)c1ccc(C)cc1. The maximum atomic E-state index is 4.47. The first-order valence-corrected chi connectivity index (χ1v) is 6.35. The van der Waals surface area contributed by atoms with E-state index in [-0.39, 0.29) is 0 Å². The molecule has 0 saturated carbocycles. The summed E-state index contributed by atoms with van der Waals surface area (Å²) in [4.78, 5) is 4.47. The number of aryl methyl sites for hydroxylation is 2. The zero-order valence-corrected chi connectivity index (χ0v) is 11.3. The normalized spacial score (nSPS) is 12.4. The van der Waals surface area contributed by atoms with Gasteiger partial charge in [0, 0.05) is 24.4 Å². The van der Waals surface area contributed by atoms with E-state index in [1.54, 1.807) is 0 Å². The molecule has 2 nitrogen and oxygen atoms in total. The minimum Gasteiger partial charge on any atom is -0.313 e. The zero-order valence-electron chi connectivity index (χ0n) is 11.3. The Morgan fingerprint density at radius 3 is 2.44 bits per heavy atom. The molecular formula is C16H20N2. The minimum atomic E-state index is 0.319. The van der Waals surface area contributed by atoms with Gasteiger partial charge in [-0.2, -0.15) is 0 Å². The van der Waals surface area contributed by atoms with E-state index in [2.05, 4.69) is 54.5 Å². The van der Waals surface area contributed by atoms with Crippen LogP contribution in [0.15, 0.2) is 42.6 Å². The summed E-state index contributed by atoms with van der Waals surface area (Å²) in [5, 5.41) is 3.37. The number of benzene rings is 1. The third-order valence-corrected chi connectivity index (χ3v) is 3.34. The van der Waals surface area contributed by atoms with Crippen LogP contribution in [0, 0.1) is 13.8 Å². The summed E-state index contributed by atoms with van der Waals surface area (Å²) in [6.07, 6.45) is 2.79. The molecule has 94 valence electrons. The molecule has 0 amide bonds. The lowest BCUT2D eigenvalue weighted by Crippen LogP contribution is -2.19. The van der Waals surface area contributed by atoms with Gasteiger partial charge in [0.2, 0.25) is 0 Å². The van der Waals surface area contributed by atoms with Gasteiger partial charge in [-0.15, -0.1) is 0 Å². The number of hydrogen-bond acceptors (Lipinski definition) is 2. The van der Waals surface area contributed by atoms with Crippen molar-refractivity contribution in [2.75, 3.05) is 7.05 Å². The minimum absolute atomic E-state index is 0.319. The Morgan fingerprint density at radius 1 is 1.11 bits per heavy atom. The predicted molar refractivity (Wildman–Crippen MR) is 75.7 cm³/mol. The second-order valence-electron chi connectivity index (χ2n) is 4.72. The second kappa shape index (κ2) is 5.78. The highest BCUT2D eigenvalue weighted by atomic mass is 14.9. The Balaban J connectivity index is 2.20. The van der Waals surface area contributed by atoms with Gasteiger partial charge >= 0.3 is 0 Å². The van der Waals surface area contributed by atoms with E-state index in [4.69, 9.17) is 0 Å². The molecule has 1 aromatic carbocycles. The molecule has 0 aliphatic heterocycles. The maximum absolute atomic E-state index is 4.47. The summed E-state index contributed by atoms with van der Waals surface area (Å²) in [5.74, 6) is 0. The number of aromatic nitrogens is 1. The van der Waals surface area contributed by atoms with Crippen molar-refractivity contribution in [2.24, 2.45) is 0 Å². The van der Waals surface area contributed by atoms with E-state index in [0.717, 1.165) is 12.1 Å². The summed E-state index contributed by atoms with van der Waals surface area (Å²) in [7, 11) is 2.00. The molecule has 1 aromatic heterocycles. The van der Waals surface area contributed by atoms with Crippen LogP contribution in [0.3, 0.4) is 0 Å². The van der Waals surface area contributed by atoms with Crippen LogP contribution in [0.25, 0.3) is 0 Å². The van der Waals surface area contributed by atoms with Crippen LogP contribution in [0.5, 0.6) is 0 Å². The van der Waals surface area contributed by atoms with Gasteiger partial charge in [-0.1, -0.05) is 35.9 Å². The largest absolute Gasteiger partial charge is 0.313 e. The van der Waals surface area contributed by atoms with Crippen LogP contribution in [0.1, 0.15) is 28.4 Å². The third-order valence-electron chi connectivity index (χ3n) is 3.34. The first kappa shape index (κ1) is 12.8. The van der Waals surface area contributed by atoms with Crippen molar-refractivity contribution in [1.29, 1.82) is 0 Å². The second-order valence-corrected chi connectivity index (χ2v) is 4.72. The van der Waals surface area contributed by atoms with E-state index in [1.165, 1.54) is 16.7 Å². The summed E-state index contributed by atoms with van der Waals surface area (Å²) < 4.78 is 0. The van der Waals surface area contributed by atoms with Crippen molar-refractivity contribution >= 4 is 0 Å². The van der Waals surface area contributed by atoms with Crippen LogP contribution >= 0.6 is 0 Å². The highest BCUT2D eigenvalue weighted by Crippen LogP contribution is 2.19. The zero-order chi connectivity index (χ0) is 13.0. The van der Waals surface area contributed by atoms with Gasteiger partial charge in [0.05, 0.1) is 0 Å². The summed E-state index contributed by atoms with van der Waals surface area (Å²) in [6.45, 7) is 4.23. The highest BCUT2D eigenvalue weighted by molar-refractivity contribution is 5.27. The van der Waals surface area contributed by atoms with E-state index in [1.807, 2.05) is 19.3 Å². The molecule has 18 heavy (non-hydrogen) atoms. The average Bonchev–Trinajstić information content (AvgIpc) is 2.39. The Labute approximate surface area is 109 Å². The van der Waals surface area contributed by atoms with Crippen LogP contribution in [0.2, 0.25) is 0 Å².